The maximum absolute atomic E-state index is 12.6. The molecule has 1 atom stereocenters. The van der Waals surface area contributed by atoms with E-state index in [2.05, 4.69) is 17.5 Å². The minimum atomic E-state index is 0.0279. The van der Waals surface area contributed by atoms with Crippen LogP contribution in [0.4, 0.5) is 4.79 Å². The molecule has 1 N–H and O–H groups in total. The first kappa shape index (κ1) is 15.4. The van der Waals surface area contributed by atoms with E-state index >= 15 is 0 Å². The maximum atomic E-state index is 12.6. The lowest BCUT2D eigenvalue weighted by atomic mass is 9.71. The van der Waals surface area contributed by atoms with Gasteiger partial charge < -0.3 is 19.7 Å². The van der Waals surface area contributed by atoms with Crippen molar-refractivity contribution in [1.82, 2.24) is 10.2 Å². The Morgan fingerprint density at radius 2 is 2.21 bits per heavy atom. The monoisotopic (exact) mass is 328 g/mol. The number of nitrogens with one attached hydrogen (secondary N) is 1. The number of nitrogens with zero attached hydrogens (tertiary/aromatic N) is 1. The van der Waals surface area contributed by atoms with Crippen LogP contribution >= 0.6 is 0 Å². The first-order valence-electron chi connectivity index (χ1n) is 8.81. The fourth-order valence-corrected chi connectivity index (χ4v) is 4.11. The van der Waals surface area contributed by atoms with Crippen molar-refractivity contribution in [2.75, 3.05) is 19.9 Å². The van der Waals surface area contributed by atoms with Gasteiger partial charge in [-0.2, -0.15) is 0 Å². The van der Waals surface area contributed by atoms with Crippen LogP contribution in [0.15, 0.2) is 30.4 Å². The molecule has 1 unspecified atom stereocenters. The fourth-order valence-electron chi connectivity index (χ4n) is 4.11. The van der Waals surface area contributed by atoms with E-state index in [-0.39, 0.29) is 12.8 Å². The Hall–Kier alpha value is -2.17. The molecule has 4 rings (SSSR count). The molecular weight excluding hydrogens is 304 g/mol. The van der Waals surface area contributed by atoms with Crippen LogP contribution in [-0.2, 0) is 6.54 Å². The number of fused-ring (bicyclic) bond motifs is 1. The van der Waals surface area contributed by atoms with Crippen molar-refractivity contribution < 1.29 is 14.3 Å². The van der Waals surface area contributed by atoms with Crippen molar-refractivity contribution in [3.8, 4) is 11.5 Å². The van der Waals surface area contributed by atoms with Crippen molar-refractivity contribution in [3.05, 3.63) is 35.9 Å². The van der Waals surface area contributed by atoms with E-state index in [0.29, 0.717) is 12.0 Å². The summed E-state index contributed by atoms with van der Waals surface area (Å²) in [4.78, 5) is 14.6. The number of urea groups is 1. The molecule has 128 valence electrons. The third-order valence-corrected chi connectivity index (χ3v) is 5.42. The fraction of sp³-hybridized carbons (Fsp3) is 0.526. The van der Waals surface area contributed by atoms with Crippen molar-refractivity contribution in [1.29, 1.82) is 0 Å². The smallest absolute Gasteiger partial charge is 0.317 e. The average molecular weight is 328 g/mol. The molecule has 5 heteroatoms. The Morgan fingerprint density at radius 3 is 3.08 bits per heavy atom. The topological polar surface area (TPSA) is 50.8 Å². The van der Waals surface area contributed by atoms with E-state index in [1.54, 1.807) is 0 Å². The van der Waals surface area contributed by atoms with Crippen molar-refractivity contribution in [2.24, 2.45) is 5.41 Å². The number of carbonyl (C=O) groups is 1. The Morgan fingerprint density at radius 1 is 1.25 bits per heavy atom. The van der Waals surface area contributed by atoms with E-state index in [1.807, 2.05) is 23.1 Å². The second-order valence-corrected chi connectivity index (χ2v) is 7.05. The van der Waals surface area contributed by atoms with Crippen LogP contribution in [0.5, 0.6) is 11.5 Å². The third-order valence-electron chi connectivity index (χ3n) is 5.42. The molecule has 24 heavy (non-hydrogen) atoms. The molecule has 0 saturated carbocycles. The molecule has 1 aromatic carbocycles. The Balaban J connectivity index is 1.38. The Labute approximate surface area is 142 Å². The molecule has 2 heterocycles. The highest BCUT2D eigenvalue weighted by Gasteiger charge is 2.36. The van der Waals surface area contributed by atoms with Gasteiger partial charge in [0.2, 0.25) is 6.79 Å². The standard InChI is InChI=1S/C19H24N2O3/c22-18(20-12-15-6-4-7-16-17(15)24-14-23-16)21-11-5-10-19(13-21)8-2-1-3-9-19/h1-2,4,6-7H,3,5,8-14H2,(H,20,22). The quantitative estimate of drug-likeness (QED) is 0.846. The summed E-state index contributed by atoms with van der Waals surface area (Å²) < 4.78 is 10.9. The third kappa shape index (κ3) is 2.95. The maximum Gasteiger partial charge on any atom is 0.317 e. The number of para-hydroxylation sites is 1. The zero-order valence-corrected chi connectivity index (χ0v) is 13.9. The summed E-state index contributed by atoms with van der Waals surface area (Å²) >= 11 is 0. The van der Waals surface area contributed by atoms with Gasteiger partial charge in [0, 0.05) is 25.2 Å². The Kier molecular flexibility index (Phi) is 4.08. The summed E-state index contributed by atoms with van der Waals surface area (Å²) in [6.45, 7) is 2.44. The van der Waals surface area contributed by atoms with Gasteiger partial charge in [-0.3, -0.25) is 0 Å². The molecule has 0 radical (unpaired) electrons. The molecular formula is C19H24N2O3. The summed E-state index contributed by atoms with van der Waals surface area (Å²) in [5.41, 5.74) is 1.26. The van der Waals surface area contributed by atoms with Crippen LogP contribution in [0.1, 0.15) is 37.7 Å². The largest absolute Gasteiger partial charge is 0.454 e. The van der Waals surface area contributed by atoms with Crippen molar-refractivity contribution >= 4 is 6.03 Å². The van der Waals surface area contributed by atoms with Gasteiger partial charge in [-0.05, 0) is 43.6 Å². The lowest BCUT2D eigenvalue weighted by Gasteiger charge is -2.43. The molecule has 5 nitrogen and oxygen atoms in total. The zero-order valence-electron chi connectivity index (χ0n) is 13.9. The number of piperidine rings is 1. The van der Waals surface area contributed by atoms with Crippen LogP contribution in [0, 0.1) is 5.41 Å². The van der Waals surface area contributed by atoms with E-state index in [1.165, 1.54) is 12.8 Å². The second kappa shape index (κ2) is 6.38. The van der Waals surface area contributed by atoms with Gasteiger partial charge in [0.1, 0.15) is 0 Å². The van der Waals surface area contributed by atoms with Crippen LogP contribution in [0.2, 0.25) is 0 Å². The summed E-state index contributed by atoms with van der Waals surface area (Å²) in [5.74, 6) is 1.51. The normalized spacial score (nSPS) is 25.1. The number of carbonyl (C=O) groups excluding carboxylic acids is 1. The van der Waals surface area contributed by atoms with Crippen LogP contribution in [0.25, 0.3) is 0 Å². The van der Waals surface area contributed by atoms with Crippen LogP contribution in [0.3, 0.4) is 0 Å². The summed E-state index contributed by atoms with van der Waals surface area (Å²) in [6, 6.07) is 5.81. The number of hydrogen-bond acceptors (Lipinski definition) is 3. The van der Waals surface area contributed by atoms with E-state index in [4.69, 9.17) is 9.47 Å². The second-order valence-electron chi connectivity index (χ2n) is 7.05. The zero-order chi connectivity index (χ0) is 16.4. The minimum Gasteiger partial charge on any atom is -0.454 e. The lowest BCUT2D eigenvalue weighted by Crippen LogP contribution is -2.49. The summed E-state index contributed by atoms with van der Waals surface area (Å²) in [7, 11) is 0. The number of benzene rings is 1. The molecule has 1 spiro atoms. The molecule has 0 aromatic heterocycles. The average Bonchev–Trinajstić information content (AvgIpc) is 3.09. The van der Waals surface area contributed by atoms with E-state index in [9.17, 15) is 4.79 Å². The lowest BCUT2D eigenvalue weighted by molar-refractivity contribution is 0.0958. The van der Waals surface area contributed by atoms with Gasteiger partial charge in [-0.1, -0.05) is 24.3 Å². The SMILES string of the molecule is O=C(NCc1cccc2c1OCO2)N1CCCC2(CC=CCC2)C1. The van der Waals surface area contributed by atoms with Crippen LogP contribution in [-0.4, -0.2) is 30.8 Å². The van der Waals surface area contributed by atoms with E-state index < -0.39 is 0 Å². The van der Waals surface area contributed by atoms with Crippen molar-refractivity contribution in [3.63, 3.8) is 0 Å². The van der Waals surface area contributed by atoms with Gasteiger partial charge in [0.15, 0.2) is 11.5 Å². The number of allylic oxidation sites excluding steroid dienone is 2. The number of amides is 2. The summed E-state index contributed by atoms with van der Waals surface area (Å²) in [5, 5.41) is 3.05. The molecule has 0 bridgehead atoms. The minimum absolute atomic E-state index is 0.0279. The van der Waals surface area contributed by atoms with Gasteiger partial charge >= 0.3 is 6.03 Å². The highest BCUT2D eigenvalue weighted by Crippen LogP contribution is 2.40. The van der Waals surface area contributed by atoms with Gasteiger partial charge in [0.25, 0.3) is 0 Å². The molecule has 1 fully saturated rings. The number of ether oxygens (including phenoxy) is 2. The highest BCUT2D eigenvalue weighted by molar-refractivity contribution is 5.74. The Bertz CT molecular complexity index is 658. The van der Waals surface area contributed by atoms with Gasteiger partial charge in [0.05, 0.1) is 0 Å². The van der Waals surface area contributed by atoms with E-state index in [0.717, 1.165) is 49.4 Å². The van der Waals surface area contributed by atoms with Crippen LogP contribution < -0.4 is 14.8 Å². The summed E-state index contributed by atoms with van der Waals surface area (Å²) in [6.07, 6.45) is 10.3. The molecule has 2 aliphatic heterocycles. The molecule has 1 aromatic rings. The van der Waals surface area contributed by atoms with Crippen molar-refractivity contribution in [2.45, 2.75) is 38.6 Å². The molecule has 3 aliphatic rings. The highest BCUT2D eigenvalue weighted by atomic mass is 16.7. The first-order chi connectivity index (χ1) is 11.8. The first-order valence-corrected chi connectivity index (χ1v) is 8.81. The molecule has 1 saturated heterocycles. The number of rotatable bonds is 2. The molecule has 1 aliphatic carbocycles. The predicted octanol–water partition coefficient (Wildman–Crippen LogP) is 3.45. The molecule has 2 amide bonds. The number of hydrogen-bond donors (Lipinski definition) is 1. The van der Waals surface area contributed by atoms with Gasteiger partial charge in [-0.15, -0.1) is 0 Å². The number of likely N-dealkylation sites (tertiary alicyclic amines) is 1. The van der Waals surface area contributed by atoms with Gasteiger partial charge in [-0.25, -0.2) is 4.79 Å². The predicted molar refractivity (Wildman–Crippen MR) is 91.0 cm³/mol.